The SMILES string of the molecule is NC(=O)c1nc2n(c1C(=O)NCC1COC1)CCOc1cc(F)c(Br)cc1-2. The van der Waals surface area contributed by atoms with Crippen LogP contribution in [0.4, 0.5) is 4.39 Å². The van der Waals surface area contributed by atoms with Crippen LogP contribution in [0.25, 0.3) is 11.4 Å². The van der Waals surface area contributed by atoms with Crippen LogP contribution in [0.5, 0.6) is 5.75 Å². The molecule has 2 aromatic rings. The molecule has 4 rings (SSSR count). The zero-order valence-electron chi connectivity index (χ0n) is 14.1. The topological polar surface area (TPSA) is 108 Å². The quantitative estimate of drug-likeness (QED) is 0.747. The van der Waals surface area contributed by atoms with Gasteiger partial charge in [-0.2, -0.15) is 0 Å². The van der Waals surface area contributed by atoms with Crippen LogP contribution in [0, 0.1) is 11.7 Å². The van der Waals surface area contributed by atoms with Crippen LogP contribution < -0.4 is 15.8 Å². The Morgan fingerprint density at radius 1 is 1.41 bits per heavy atom. The van der Waals surface area contributed by atoms with Crippen molar-refractivity contribution in [2.45, 2.75) is 6.54 Å². The Hall–Kier alpha value is -2.46. The molecule has 1 fully saturated rings. The van der Waals surface area contributed by atoms with Gasteiger partial charge in [0.2, 0.25) is 0 Å². The first-order chi connectivity index (χ1) is 13.0. The lowest BCUT2D eigenvalue weighted by molar-refractivity contribution is -0.0299. The van der Waals surface area contributed by atoms with E-state index in [2.05, 4.69) is 26.2 Å². The molecule has 142 valence electrons. The molecule has 3 N–H and O–H groups in total. The molecule has 8 nitrogen and oxygen atoms in total. The van der Waals surface area contributed by atoms with Crippen molar-refractivity contribution in [2.24, 2.45) is 11.7 Å². The van der Waals surface area contributed by atoms with E-state index < -0.39 is 17.6 Å². The molecule has 10 heteroatoms. The second-order valence-electron chi connectivity index (χ2n) is 6.37. The maximum absolute atomic E-state index is 13.9. The van der Waals surface area contributed by atoms with E-state index in [0.29, 0.717) is 31.1 Å². The summed E-state index contributed by atoms with van der Waals surface area (Å²) in [5.41, 5.74) is 5.88. The van der Waals surface area contributed by atoms with Gasteiger partial charge in [0.1, 0.15) is 29.7 Å². The number of imidazole rings is 1. The molecule has 0 saturated carbocycles. The van der Waals surface area contributed by atoms with Gasteiger partial charge in [0.15, 0.2) is 5.69 Å². The number of benzene rings is 1. The smallest absolute Gasteiger partial charge is 0.270 e. The van der Waals surface area contributed by atoms with Gasteiger partial charge in [0.05, 0.1) is 29.8 Å². The number of rotatable bonds is 4. The highest BCUT2D eigenvalue weighted by Crippen LogP contribution is 2.37. The minimum Gasteiger partial charge on any atom is -0.491 e. The van der Waals surface area contributed by atoms with E-state index in [-0.39, 0.29) is 40.7 Å². The van der Waals surface area contributed by atoms with Crippen LogP contribution in [-0.2, 0) is 11.3 Å². The Morgan fingerprint density at radius 2 is 2.19 bits per heavy atom. The Morgan fingerprint density at radius 3 is 2.85 bits per heavy atom. The van der Waals surface area contributed by atoms with E-state index in [1.807, 2.05) is 0 Å². The van der Waals surface area contributed by atoms with E-state index in [0.717, 1.165) is 0 Å². The van der Waals surface area contributed by atoms with Crippen molar-refractivity contribution in [3.05, 3.63) is 33.8 Å². The third kappa shape index (κ3) is 3.19. The number of nitrogens with two attached hydrogens (primary N) is 1. The normalized spacial score (nSPS) is 15.8. The number of carbonyl (C=O) groups excluding carboxylic acids is 2. The van der Waals surface area contributed by atoms with Gasteiger partial charge in [-0.3, -0.25) is 9.59 Å². The Balaban J connectivity index is 1.78. The van der Waals surface area contributed by atoms with Gasteiger partial charge < -0.3 is 25.1 Å². The average molecular weight is 439 g/mol. The molecule has 27 heavy (non-hydrogen) atoms. The molecule has 1 aromatic carbocycles. The summed E-state index contributed by atoms with van der Waals surface area (Å²) in [6.45, 7) is 2.06. The number of nitrogens with zero attached hydrogens (tertiary/aromatic N) is 2. The van der Waals surface area contributed by atoms with Crippen molar-refractivity contribution in [3.8, 4) is 17.1 Å². The highest BCUT2D eigenvalue weighted by molar-refractivity contribution is 9.10. The van der Waals surface area contributed by atoms with Crippen LogP contribution >= 0.6 is 15.9 Å². The fourth-order valence-electron chi connectivity index (χ4n) is 3.07. The fourth-order valence-corrected chi connectivity index (χ4v) is 3.41. The highest BCUT2D eigenvalue weighted by Gasteiger charge is 2.30. The van der Waals surface area contributed by atoms with E-state index in [4.69, 9.17) is 15.2 Å². The average Bonchev–Trinajstić information content (AvgIpc) is 2.88. The summed E-state index contributed by atoms with van der Waals surface area (Å²) in [5.74, 6) is -0.872. The number of fused-ring (bicyclic) bond motifs is 3. The van der Waals surface area contributed by atoms with Crippen molar-refractivity contribution in [1.29, 1.82) is 0 Å². The van der Waals surface area contributed by atoms with E-state index in [1.54, 1.807) is 4.57 Å². The molecule has 2 aliphatic heterocycles. The third-order valence-electron chi connectivity index (χ3n) is 4.51. The lowest BCUT2D eigenvalue weighted by Gasteiger charge is -2.26. The Labute approximate surface area is 162 Å². The summed E-state index contributed by atoms with van der Waals surface area (Å²) in [6.07, 6.45) is 0. The van der Waals surface area contributed by atoms with Gasteiger partial charge in [-0.15, -0.1) is 0 Å². The molecule has 2 amide bonds. The van der Waals surface area contributed by atoms with Crippen LogP contribution in [0.3, 0.4) is 0 Å². The molecule has 3 heterocycles. The van der Waals surface area contributed by atoms with Gasteiger partial charge in [0, 0.05) is 18.5 Å². The molecule has 0 aliphatic carbocycles. The van der Waals surface area contributed by atoms with Gasteiger partial charge in [0.25, 0.3) is 11.8 Å². The standard InChI is InChI=1S/C17H16BrFN4O4/c18-10-3-9-12(4-11(10)19)27-2-1-23-14(13(15(20)24)22-16(9)23)17(25)21-5-8-6-26-7-8/h3-4,8H,1-2,5-7H2,(H2,20,24)(H,21,25). The Bertz CT molecular complexity index is 942. The summed E-state index contributed by atoms with van der Waals surface area (Å²) in [6, 6.07) is 2.75. The van der Waals surface area contributed by atoms with Gasteiger partial charge >= 0.3 is 0 Å². The third-order valence-corrected chi connectivity index (χ3v) is 5.12. The first-order valence-electron chi connectivity index (χ1n) is 8.34. The highest BCUT2D eigenvalue weighted by atomic mass is 79.9. The molecular formula is C17H16BrFN4O4. The molecule has 0 radical (unpaired) electrons. The molecule has 0 bridgehead atoms. The second-order valence-corrected chi connectivity index (χ2v) is 7.23. The van der Waals surface area contributed by atoms with E-state index >= 15 is 0 Å². The van der Waals surface area contributed by atoms with Crippen molar-refractivity contribution < 1.29 is 23.5 Å². The van der Waals surface area contributed by atoms with Crippen LogP contribution in [-0.4, -0.2) is 47.7 Å². The van der Waals surface area contributed by atoms with Crippen LogP contribution in [0.1, 0.15) is 21.0 Å². The first kappa shape index (κ1) is 17.9. The predicted molar refractivity (Wildman–Crippen MR) is 96.0 cm³/mol. The summed E-state index contributed by atoms with van der Waals surface area (Å²) < 4.78 is 26.4. The molecule has 0 atom stereocenters. The summed E-state index contributed by atoms with van der Waals surface area (Å²) >= 11 is 3.14. The number of carbonyl (C=O) groups is 2. The fraction of sp³-hybridized carbons (Fsp3) is 0.353. The number of hydrogen-bond donors (Lipinski definition) is 2. The second kappa shape index (κ2) is 6.93. The lowest BCUT2D eigenvalue weighted by atomic mass is 10.1. The van der Waals surface area contributed by atoms with Gasteiger partial charge in [-0.1, -0.05) is 0 Å². The molecule has 0 spiro atoms. The molecule has 0 unspecified atom stereocenters. The Kier molecular flexibility index (Phi) is 4.60. The number of aromatic nitrogens is 2. The largest absolute Gasteiger partial charge is 0.491 e. The van der Waals surface area contributed by atoms with Crippen LogP contribution in [0.2, 0.25) is 0 Å². The first-order valence-corrected chi connectivity index (χ1v) is 9.13. The summed E-state index contributed by atoms with van der Waals surface area (Å²) in [4.78, 5) is 29.0. The number of amides is 2. The van der Waals surface area contributed by atoms with Crippen molar-refractivity contribution in [1.82, 2.24) is 14.9 Å². The number of ether oxygens (including phenoxy) is 2. The van der Waals surface area contributed by atoms with E-state index in [1.165, 1.54) is 12.1 Å². The maximum atomic E-state index is 13.9. The summed E-state index contributed by atoms with van der Waals surface area (Å²) in [5, 5.41) is 2.80. The molecular weight excluding hydrogens is 423 g/mol. The number of halogens is 2. The summed E-state index contributed by atoms with van der Waals surface area (Å²) in [7, 11) is 0. The number of hydrogen-bond acceptors (Lipinski definition) is 5. The number of primary amides is 1. The lowest BCUT2D eigenvalue weighted by Crippen LogP contribution is -2.40. The van der Waals surface area contributed by atoms with Gasteiger partial charge in [-0.25, -0.2) is 9.37 Å². The molecule has 2 aliphatic rings. The predicted octanol–water partition coefficient (Wildman–Crippen LogP) is 1.32. The van der Waals surface area contributed by atoms with Crippen molar-refractivity contribution in [3.63, 3.8) is 0 Å². The minimum atomic E-state index is -0.809. The van der Waals surface area contributed by atoms with Crippen LogP contribution in [0.15, 0.2) is 16.6 Å². The number of nitrogens with one attached hydrogen (secondary N) is 1. The van der Waals surface area contributed by atoms with Crippen molar-refractivity contribution in [2.75, 3.05) is 26.4 Å². The van der Waals surface area contributed by atoms with Crippen molar-refractivity contribution >= 4 is 27.7 Å². The van der Waals surface area contributed by atoms with E-state index in [9.17, 15) is 14.0 Å². The minimum absolute atomic E-state index is 0.0784. The molecule has 1 saturated heterocycles. The maximum Gasteiger partial charge on any atom is 0.270 e. The zero-order chi connectivity index (χ0) is 19.1. The monoisotopic (exact) mass is 438 g/mol. The zero-order valence-corrected chi connectivity index (χ0v) is 15.7. The van der Waals surface area contributed by atoms with Gasteiger partial charge in [-0.05, 0) is 22.0 Å². The molecule has 1 aromatic heterocycles.